The molecule has 1 saturated carbocycles. The largest absolute Gasteiger partial charge is 0.459 e. The molecule has 0 spiro atoms. The Balaban J connectivity index is 1.89. The number of thioether (sulfide) groups is 1. The zero-order valence-corrected chi connectivity index (χ0v) is 24.4. The van der Waals surface area contributed by atoms with Gasteiger partial charge < -0.3 is 9.46 Å². The summed E-state index contributed by atoms with van der Waals surface area (Å²) in [6, 6.07) is 9.42. The second-order valence-corrected chi connectivity index (χ2v) is 12.5. The van der Waals surface area contributed by atoms with Crippen LogP contribution < -0.4 is 9.46 Å². The maximum absolute atomic E-state index is 16.0. The van der Waals surface area contributed by atoms with Gasteiger partial charge in [-0.15, -0.1) is 0 Å². The van der Waals surface area contributed by atoms with E-state index in [4.69, 9.17) is 9.72 Å². The Hall–Kier alpha value is -2.71. The summed E-state index contributed by atoms with van der Waals surface area (Å²) in [5.41, 5.74) is 1.40. The molecule has 4 rings (SSSR count). The highest BCUT2D eigenvalue weighted by Gasteiger charge is 2.28. The number of allylic oxidation sites excluding steroid dienone is 2. The second-order valence-electron chi connectivity index (χ2n) is 9.76. The summed E-state index contributed by atoms with van der Waals surface area (Å²) < 4.78 is 38.6. The average molecular weight is 554 g/mol. The standard InChI is InChI=1S/C30H36FN3O2S2/c1-7-19(5)28(30(37-18(3)4)24-16-17-32-25(8-2)33-24)36-29-20(6)26(31)27(22-14-9-10-15-23(22)29)34-38(35)21-12-11-13-21/h9-10,14-17,19,21,34H,3,7-8,11-13H2,1-2,4-6H3/b30-28+. The quantitative estimate of drug-likeness (QED) is 0.242. The molecule has 2 unspecified atom stereocenters. The molecule has 202 valence electrons. The van der Waals surface area contributed by atoms with Crippen LogP contribution in [0.5, 0.6) is 5.75 Å². The van der Waals surface area contributed by atoms with Gasteiger partial charge in [-0.3, -0.25) is 0 Å². The van der Waals surface area contributed by atoms with E-state index >= 15 is 4.39 Å². The van der Waals surface area contributed by atoms with E-state index in [1.54, 1.807) is 13.1 Å². The van der Waals surface area contributed by atoms with Crippen LogP contribution >= 0.6 is 11.8 Å². The summed E-state index contributed by atoms with van der Waals surface area (Å²) in [6.45, 7) is 14.0. The fraction of sp³-hybridized carbons (Fsp3) is 0.400. The maximum atomic E-state index is 16.0. The topological polar surface area (TPSA) is 64.1 Å². The summed E-state index contributed by atoms with van der Waals surface area (Å²) in [5.74, 6) is 1.50. The number of halogens is 1. The molecule has 0 aliphatic heterocycles. The number of nitrogens with one attached hydrogen (secondary N) is 1. The summed E-state index contributed by atoms with van der Waals surface area (Å²) >= 11 is 1.51. The molecular weight excluding hydrogens is 517 g/mol. The summed E-state index contributed by atoms with van der Waals surface area (Å²) in [4.78, 5) is 10.9. The molecule has 1 aliphatic rings. The molecule has 1 aliphatic carbocycles. The van der Waals surface area contributed by atoms with E-state index in [0.717, 1.165) is 52.4 Å². The molecule has 2 aromatic carbocycles. The van der Waals surface area contributed by atoms with Crippen molar-refractivity contribution in [1.82, 2.24) is 9.97 Å². The van der Waals surface area contributed by atoms with Crippen molar-refractivity contribution < 1.29 is 13.3 Å². The van der Waals surface area contributed by atoms with Gasteiger partial charge in [0.15, 0.2) is 5.82 Å². The molecule has 0 saturated heterocycles. The Morgan fingerprint density at radius 3 is 2.58 bits per heavy atom. The van der Waals surface area contributed by atoms with E-state index in [1.165, 1.54) is 11.8 Å². The van der Waals surface area contributed by atoms with Crippen LogP contribution in [0, 0.1) is 18.7 Å². The third kappa shape index (κ3) is 5.96. The van der Waals surface area contributed by atoms with Gasteiger partial charge in [-0.1, -0.05) is 69.8 Å². The summed E-state index contributed by atoms with van der Waals surface area (Å²) in [5, 5.41) is 1.47. The minimum absolute atomic E-state index is 0.0297. The first kappa shape index (κ1) is 28.3. The lowest BCUT2D eigenvalue weighted by atomic mass is 10.0. The zero-order valence-electron chi connectivity index (χ0n) is 22.8. The predicted molar refractivity (Wildman–Crippen MR) is 159 cm³/mol. The van der Waals surface area contributed by atoms with E-state index in [0.29, 0.717) is 28.9 Å². The normalized spacial score (nSPS) is 15.9. The lowest BCUT2D eigenvalue weighted by molar-refractivity contribution is 0.356. The third-order valence-corrected chi connectivity index (χ3v) is 9.36. The Bertz CT molecular complexity index is 1400. The summed E-state index contributed by atoms with van der Waals surface area (Å²) in [7, 11) is -1.34. The van der Waals surface area contributed by atoms with Crippen molar-refractivity contribution in [2.24, 2.45) is 5.92 Å². The highest BCUT2D eigenvalue weighted by molar-refractivity contribution is 8.11. The highest BCUT2D eigenvalue weighted by atomic mass is 32.2. The number of hydrogen-bond acceptors (Lipinski definition) is 5. The van der Waals surface area contributed by atoms with Crippen molar-refractivity contribution in [3.05, 3.63) is 76.7 Å². The molecule has 1 aromatic heterocycles. The van der Waals surface area contributed by atoms with Crippen LogP contribution in [-0.4, -0.2) is 19.4 Å². The van der Waals surface area contributed by atoms with Crippen molar-refractivity contribution in [2.75, 3.05) is 4.72 Å². The number of hydrogen-bond donors (Lipinski definition) is 1. The van der Waals surface area contributed by atoms with Gasteiger partial charge in [-0.05, 0) is 44.1 Å². The van der Waals surface area contributed by atoms with Crippen molar-refractivity contribution in [2.45, 2.75) is 72.0 Å². The van der Waals surface area contributed by atoms with Gasteiger partial charge in [-0.25, -0.2) is 18.6 Å². The molecule has 1 N–H and O–H groups in total. The first-order valence-electron chi connectivity index (χ1n) is 13.2. The summed E-state index contributed by atoms with van der Waals surface area (Å²) in [6.07, 6.45) is 6.15. The van der Waals surface area contributed by atoms with Crippen molar-refractivity contribution in [3.8, 4) is 5.75 Å². The predicted octanol–water partition coefficient (Wildman–Crippen LogP) is 8.33. The van der Waals surface area contributed by atoms with Crippen LogP contribution in [0.25, 0.3) is 15.7 Å². The Morgan fingerprint density at radius 1 is 1.26 bits per heavy atom. The van der Waals surface area contributed by atoms with Crippen LogP contribution in [-0.2, 0) is 17.4 Å². The molecule has 2 atom stereocenters. The van der Waals surface area contributed by atoms with Crippen LogP contribution in [0.4, 0.5) is 10.1 Å². The lowest BCUT2D eigenvalue weighted by Gasteiger charge is -2.26. The molecule has 8 heteroatoms. The van der Waals surface area contributed by atoms with Crippen LogP contribution in [0.15, 0.2) is 53.8 Å². The van der Waals surface area contributed by atoms with Gasteiger partial charge in [0.1, 0.15) is 28.3 Å². The Morgan fingerprint density at radius 2 is 1.97 bits per heavy atom. The van der Waals surface area contributed by atoms with Crippen molar-refractivity contribution in [3.63, 3.8) is 0 Å². The van der Waals surface area contributed by atoms with E-state index in [2.05, 4.69) is 30.1 Å². The highest BCUT2D eigenvalue weighted by Crippen LogP contribution is 2.44. The van der Waals surface area contributed by atoms with E-state index in [1.807, 2.05) is 44.2 Å². The smallest absolute Gasteiger partial charge is 0.154 e. The van der Waals surface area contributed by atoms with Gasteiger partial charge in [0.05, 0.1) is 21.5 Å². The second kappa shape index (κ2) is 12.4. The molecule has 1 fully saturated rings. The van der Waals surface area contributed by atoms with Crippen molar-refractivity contribution in [1.29, 1.82) is 0 Å². The molecule has 0 bridgehead atoms. The first-order valence-corrected chi connectivity index (χ1v) is 15.2. The van der Waals surface area contributed by atoms with Gasteiger partial charge in [0.2, 0.25) is 0 Å². The van der Waals surface area contributed by atoms with E-state index in [-0.39, 0.29) is 16.9 Å². The third-order valence-electron chi connectivity index (χ3n) is 6.91. The number of rotatable bonds is 11. The molecule has 0 amide bonds. The number of nitrogens with zero attached hydrogens (tertiary/aromatic N) is 2. The number of benzene rings is 2. The monoisotopic (exact) mass is 553 g/mol. The Kier molecular flexibility index (Phi) is 9.26. The lowest BCUT2D eigenvalue weighted by Crippen LogP contribution is -2.28. The maximum Gasteiger partial charge on any atom is 0.154 e. The molecule has 38 heavy (non-hydrogen) atoms. The van der Waals surface area contributed by atoms with Crippen LogP contribution in [0.1, 0.15) is 70.5 Å². The first-order chi connectivity index (χ1) is 18.2. The molecule has 5 nitrogen and oxygen atoms in total. The van der Waals surface area contributed by atoms with Gasteiger partial charge in [0.25, 0.3) is 0 Å². The SMILES string of the molecule is C=C(C)S/C(=C(/Oc1c(C)c(F)c(NS(=O)C2CCC2)c2ccccc12)C(C)CC)c1ccnc(CC)n1. The fourth-order valence-electron chi connectivity index (χ4n) is 4.27. The van der Waals surface area contributed by atoms with Gasteiger partial charge in [0, 0.05) is 34.9 Å². The minimum atomic E-state index is -1.34. The Labute approximate surface area is 232 Å². The molecule has 1 heterocycles. The average Bonchev–Trinajstić information content (AvgIpc) is 2.88. The van der Waals surface area contributed by atoms with E-state index in [9.17, 15) is 4.21 Å². The van der Waals surface area contributed by atoms with Gasteiger partial charge >= 0.3 is 0 Å². The van der Waals surface area contributed by atoms with E-state index < -0.39 is 16.8 Å². The fourth-order valence-corrected chi connectivity index (χ4v) is 6.51. The molecule has 0 radical (unpaired) electrons. The number of aryl methyl sites for hydroxylation is 1. The van der Waals surface area contributed by atoms with Crippen molar-refractivity contribution >= 4 is 44.1 Å². The van der Waals surface area contributed by atoms with Gasteiger partial charge in [-0.2, -0.15) is 0 Å². The number of aromatic nitrogens is 2. The van der Waals surface area contributed by atoms with Crippen LogP contribution in [0.2, 0.25) is 0 Å². The zero-order chi connectivity index (χ0) is 27.4. The molecular formula is C30H36FN3O2S2. The molecule has 3 aromatic rings. The minimum Gasteiger partial charge on any atom is -0.459 e. The van der Waals surface area contributed by atoms with Crippen LogP contribution in [0.3, 0.4) is 0 Å². The number of fused-ring (bicyclic) bond motifs is 1. The number of ether oxygens (including phenoxy) is 1. The number of anilines is 1.